The van der Waals surface area contributed by atoms with Crippen LogP contribution in [0.25, 0.3) is 0 Å². The third-order valence-corrected chi connectivity index (χ3v) is 4.76. The Bertz CT molecular complexity index is 1010. The van der Waals surface area contributed by atoms with Crippen LogP contribution in [-0.4, -0.2) is 42.0 Å². The first-order valence-electron chi connectivity index (χ1n) is 10.4. The summed E-state index contributed by atoms with van der Waals surface area (Å²) in [4.78, 5) is 4.66. The fraction of sp³-hybridized carbons (Fsp3) is 0.304. The number of nitrogens with zero attached hydrogens (tertiary/aromatic N) is 3. The fourth-order valence-electron chi connectivity index (χ4n) is 3.23. The van der Waals surface area contributed by atoms with E-state index in [9.17, 15) is 4.39 Å². The van der Waals surface area contributed by atoms with E-state index in [1.807, 2.05) is 41.2 Å². The Kier molecular flexibility index (Phi) is 7.00. The number of halogens is 1. The minimum Gasteiger partial charge on any atom is -0.490 e. The normalized spacial score (nSPS) is 13.5. The molecule has 2 N–H and O–H groups in total. The predicted octanol–water partition coefficient (Wildman–Crippen LogP) is 3.48. The van der Waals surface area contributed by atoms with Crippen molar-refractivity contribution in [1.82, 2.24) is 15.1 Å². The molecule has 0 atom stereocenters. The number of aromatic nitrogens is 2. The van der Waals surface area contributed by atoms with Gasteiger partial charge in [-0.25, -0.2) is 4.39 Å². The van der Waals surface area contributed by atoms with Gasteiger partial charge in [-0.3, -0.25) is 9.67 Å². The van der Waals surface area contributed by atoms with Crippen LogP contribution in [0.4, 0.5) is 10.1 Å². The Hall–Kier alpha value is -3.55. The molecule has 1 aliphatic rings. The summed E-state index contributed by atoms with van der Waals surface area (Å²) < 4.78 is 26.7. The average molecular weight is 423 g/mol. The largest absolute Gasteiger partial charge is 0.490 e. The van der Waals surface area contributed by atoms with Crippen molar-refractivity contribution < 1.29 is 13.9 Å². The number of benzene rings is 2. The van der Waals surface area contributed by atoms with E-state index in [1.165, 1.54) is 12.1 Å². The third kappa shape index (κ3) is 6.21. The van der Waals surface area contributed by atoms with E-state index in [0.717, 1.165) is 29.2 Å². The second-order valence-corrected chi connectivity index (χ2v) is 7.14. The van der Waals surface area contributed by atoms with Gasteiger partial charge < -0.3 is 20.1 Å². The summed E-state index contributed by atoms with van der Waals surface area (Å²) in [5.41, 5.74) is 1.76. The van der Waals surface area contributed by atoms with Gasteiger partial charge in [0.1, 0.15) is 5.82 Å². The Labute approximate surface area is 180 Å². The van der Waals surface area contributed by atoms with Gasteiger partial charge >= 0.3 is 0 Å². The van der Waals surface area contributed by atoms with Crippen molar-refractivity contribution in [2.24, 2.45) is 4.99 Å². The summed E-state index contributed by atoms with van der Waals surface area (Å²) in [6.07, 6.45) is 5.17. The highest BCUT2D eigenvalue weighted by molar-refractivity contribution is 5.94. The van der Waals surface area contributed by atoms with Crippen LogP contribution in [-0.2, 0) is 13.0 Å². The number of nitrogens with one attached hydrogen (secondary N) is 2. The van der Waals surface area contributed by atoms with Crippen LogP contribution in [0.15, 0.2) is 65.9 Å². The van der Waals surface area contributed by atoms with Crippen molar-refractivity contribution >= 4 is 11.6 Å². The number of fused-ring (bicyclic) bond motifs is 1. The maximum Gasteiger partial charge on any atom is 0.195 e. The maximum absolute atomic E-state index is 13.4. The first-order chi connectivity index (χ1) is 15.3. The van der Waals surface area contributed by atoms with E-state index < -0.39 is 0 Å². The molecule has 0 radical (unpaired) electrons. The molecule has 4 rings (SSSR count). The molecule has 0 saturated carbocycles. The molecule has 3 aromatic rings. The second kappa shape index (κ2) is 10.5. The van der Waals surface area contributed by atoms with Crippen LogP contribution < -0.4 is 20.1 Å². The molecule has 0 unspecified atom stereocenters. The Morgan fingerprint density at radius 1 is 1.10 bits per heavy atom. The fourth-order valence-corrected chi connectivity index (χ4v) is 3.23. The van der Waals surface area contributed by atoms with Crippen molar-refractivity contribution in [3.05, 3.63) is 72.3 Å². The zero-order chi connectivity index (χ0) is 21.3. The quantitative estimate of drug-likeness (QED) is 0.450. The Balaban J connectivity index is 1.42. The molecule has 2 heterocycles. The number of hydrogen-bond acceptors (Lipinski definition) is 4. The number of guanidine groups is 1. The Morgan fingerprint density at radius 3 is 2.84 bits per heavy atom. The van der Waals surface area contributed by atoms with Crippen molar-refractivity contribution in [2.45, 2.75) is 19.4 Å². The molecule has 0 bridgehead atoms. The summed E-state index contributed by atoms with van der Waals surface area (Å²) in [7, 11) is 0. The van der Waals surface area contributed by atoms with Crippen LogP contribution in [0.3, 0.4) is 0 Å². The van der Waals surface area contributed by atoms with Gasteiger partial charge in [0.25, 0.3) is 0 Å². The molecule has 0 saturated heterocycles. The zero-order valence-electron chi connectivity index (χ0n) is 17.3. The van der Waals surface area contributed by atoms with Crippen LogP contribution in [0.2, 0.25) is 0 Å². The lowest BCUT2D eigenvalue weighted by molar-refractivity contribution is 0.297. The van der Waals surface area contributed by atoms with Gasteiger partial charge in [-0.2, -0.15) is 5.10 Å². The van der Waals surface area contributed by atoms with E-state index in [-0.39, 0.29) is 5.82 Å². The molecule has 0 amide bonds. The van der Waals surface area contributed by atoms with Gasteiger partial charge in [0.15, 0.2) is 17.5 Å². The molecule has 1 aromatic heterocycles. The average Bonchev–Trinajstić information content (AvgIpc) is 3.17. The highest BCUT2D eigenvalue weighted by atomic mass is 19.1. The third-order valence-electron chi connectivity index (χ3n) is 4.76. The summed E-state index contributed by atoms with van der Waals surface area (Å²) in [6.45, 7) is 3.16. The molecule has 0 spiro atoms. The minimum atomic E-state index is -0.232. The molecule has 7 nitrogen and oxygen atoms in total. The lowest BCUT2D eigenvalue weighted by atomic mass is 10.1. The van der Waals surface area contributed by atoms with Gasteiger partial charge in [0.2, 0.25) is 0 Å². The lowest BCUT2D eigenvalue weighted by Crippen LogP contribution is -2.33. The maximum atomic E-state index is 13.4. The molecule has 162 valence electrons. The molecule has 0 aliphatic carbocycles. The van der Waals surface area contributed by atoms with Crippen molar-refractivity contribution in [3.8, 4) is 11.5 Å². The summed E-state index contributed by atoms with van der Waals surface area (Å²) in [5.74, 6) is 1.87. The van der Waals surface area contributed by atoms with E-state index in [1.54, 1.807) is 12.3 Å². The number of anilines is 1. The first kappa shape index (κ1) is 20.7. The molecule has 1 aliphatic heterocycles. The molecule has 0 fully saturated rings. The minimum absolute atomic E-state index is 0.232. The van der Waals surface area contributed by atoms with E-state index in [4.69, 9.17) is 9.47 Å². The molecule has 2 aromatic carbocycles. The molecular formula is C23H26FN5O2. The Morgan fingerprint density at radius 2 is 2.00 bits per heavy atom. The van der Waals surface area contributed by atoms with Gasteiger partial charge in [-0.05, 0) is 42.3 Å². The van der Waals surface area contributed by atoms with Crippen LogP contribution in [0.5, 0.6) is 11.5 Å². The predicted molar refractivity (Wildman–Crippen MR) is 118 cm³/mol. The first-order valence-corrected chi connectivity index (χ1v) is 10.4. The van der Waals surface area contributed by atoms with E-state index in [2.05, 4.69) is 20.7 Å². The topological polar surface area (TPSA) is 72.7 Å². The number of hydrogen-bond donors (Lipinski definition) is 2. The second-order valence-electron chi connectivity index (χ2n) is 7.14. The van der Waals surface area contributed by atoms with Crippen LogP contribution in [0.1, 0.15) is 12.0 Å². The lowest BCUT2D eigenvalue weighted by Gasteiger charge is -2.15. The zero-order valence-corrected chi connectivity index (χ0v) is 17.3. The number of aliphatic imine (C=N–C) groups is 1. The summed E-state index contributed by atoms with van der Waals surface area (Å²) >= 11 is 0. The molecular weight excluding hydrogens is 397 g/mol. The van der Waals surface area contributed by atoms with Crippen LogP contribution in [0, 0.1) is 5.82 Å². The van der Waals surface area contributed by atoms with Gasteiger partial charge in [0.05, 0.1) is 19.8 Å². The van der Waals surface area contributed by atoms with Crippen LogP contribution >= 0.6 is 0 Å². The van der Waals surface area contributed by atoms with Crippen molar-refractivity contribution in [1.29, 1.82) is 0 Å². The summed E-state index contributed by atoms with van der Waals surface area (Å²) in [6, 6.07) is 14.2. The molecule has 31 heavy (non-hydrogen) atoms. The van der Waals surface area contributed by atoms with Crippen molar-refractivity contribution in [2.75, 3.05) is 31.6 Å². The molecule has 8 heteroatoms. The van der Waals surface area contributed by atoms with Crippen molar-refractivity contribution in [3.63, 3.8) is 0 Å². The smallest absolute Gasteiger partial charge is 0.195 e. The van der Waals surface area contributed by atoms with Gasteiger partial charge in [-0.1, -0.05) is 12.1 Å². The van der Waals surface area contributed by atoms with E-state index >= 15 is 0 Å². The SMILES string of the molecule is Fc1cccc(CCN=C(NCCn2cccn2)Nc2ccc3c(c2)OCCCO3)c1. The monoisotopic (exact) mass is 423 g/mol. The van der Waals surface area contributed by atoms with E-state index in [0.29, 0.717) is 45.2 Å². The van der Waals surface area contributed by atoms with Gasteiger partial charge in [-0.15, -0.1) is 0 Å². The number of ether oxygens (including phenoxy) is 2. The van der Waals surface area contributed by atoms with Gasteiger partial charge in [0, 0.05) is 43.7 Å². The number of rotatable bonds is 7. The highest BCUT2D eigenvalue weighted by Gasteiger charge is 2.11. The summed E-state index contributed by atoms with van der Waals surface area (Å²) in [5, 5.41) is 10.9. The standard InChI is InChI=1S/C23H26FN5O2/c24-19-5-1-4-18(16-19)8-10-25-23(26-11-13-29-12-2-9-27-29)28-20-6-7-21-22(17-20)31-15-3-14-30-21/h1-2,4-7,9,12,16-17H,3,8,10-11,13-15H2,(H2,25,26,28). The highest BCUT2D eigenvalue weighted by Crippen LogP contribution is 2.32.